The molecule has 3 heteroatoms. The Morgan fingerprint density at radius 1 is 1.20 bits per heavy atom. The minimum absolute atomic E-state index is 0.323. The van der Waals surface area contributed by atoms with Crippen molar-refractivity contribution in [3.8, 4) is 5.82 Å². The normalized spacial score (nSPS) is 11.9. The van der Waals surface area contributed by atoms with E-state index in [0.717, 1.165) is 34.0 Å². The summed E-state index contributed by atoms with van der Waals surface area (Å²) in [6.07, 6.45) is 2.43. The van der Waals surface area contributed by atoms with Gasteiger partial charge in [0, 0.05) is 11.4 Å². The van der Waals surface area contributed by atoms with Crippen molar-refractivity contribution in [3.05, 3.63) is 52.5 Å². The molecule has 2 nitrogen and oxygen atoms in total. The number of nitrogens with zero attached hydrogens (tertiary/aromatic N) is 2. The third kappa shape index (κ3) is 3.16. The lowest BCUT2D eigenvalue weighted by molar-refractivity contribution is 0.495. The Bertz CT molecular complexity index is 619. The first-order valence-electron chi connectivity index (χ1n) is 6.88. The summed E-state index contributed by atoms with van der Waals surface area (Å²) in [5, 5.41) is 0. The summed E-state index contributed by atoms with van der Waals surface area (Å²) >= 11 is 0. The zero-order valence-electron chi connectivity index (χ0n) is 12.6. The van der Waals surface area contributed by atoms with Gasteiger partial charge in [0.25, 0.3) is 0 Å². The number of pyridine rings is 1. The predicted octanol–water partition coefficient (Wildman–Crippen LogP) is 4.56. The average Bonchev–Trinajstić information content (AvgIpc) is 2.68. The summed E-state index contributed by atoms with van der Waals surface area (Å²) in [5.74, 6) is 0.921. The predicted molar refractivity (Wildman–Crippen MR) is 82.0 cm³/mol. The third-order valence-electron chi connectivity index (χ3n) is 3.36. The topological polar surface area (TPSA) is 17.8 Å². The van der Waals surface area contributed by atoms with E-state index in [2.05, 4.69) is 48.5 Å². The van der Waals surface area contributed by atoms with Gasteiger partial charge >= 0.3 is 0 Å². The molecule has 2 rings (SSSR count). The molecule has 0 amide bonds. The van der Waals surface area contributed by atoms with Gasteiger partial charge in [0.2, 0.25) is 0 Å². The molecule has 106 valence electrons. The summed E-state index contributed by atoms with van der Waals surface area (Å²) in [6.45, 7) is 7.81. The molecule has 2 aromatic heterocycles. The van der Waals surface area contributed by atoms with Crippen LogP contribution in [-0.4, -0.2) is 16.2 Å². The molecule has 2 heterocycles. The number of alkyl halides is 1. The van der Waals surface area contributed by atoms with Crippen LogP contribution in [0.4, 0.5) is 4.39 Å². The largest absolute Gasteiger partial charge is 0.303 e. The SMILES string of the molecule is C/C(=C/c1cc(C)cc(-n2c(C)ccc2C)n1)CCF. The van der Waals surface area contributed by atoms with E-state index >= 15 is 0 Å². The number of rotatable bonds is 4. The molecule has 2 aromatic rings. The van der Waals surface area contributed by atoms with Gasteiger partial charge in [-0.3, -0.25) is 4.39 Å². The third-order valence-corrected chi connectivity index (χ3v) is 3.36. The highest BCUT2D eigenvalue weighted by atomic mass is 19.1. The minimum Gasteiger partial charge on any atom is -0.303 e. The van der Waals surface area contributed by atoms with Gasteiger partial charge in [0.15, 0.2) is 0 Å². The molecule has 0 unspecified atom stereocenters. The zero-order valence-corrected chi connectivity index (χ0v) is 12.6. The summed E-state index contributed by atoms with van der Waals surface area (Å²) in [5.41, 5.74) is 5.38. The Kier molecular flexibility index (Phi) is 4.38. The van der Waals surface area contributed by atoms with Crippen LogP contribution < -0.4 is 0 Å². The molecule has 20 heavy (non-hydrogen) atoms. The van der Waals surface area contributed by atoms with Crippen molar-refractivity contribution >= 4 is 6.08 Å². The first-order valence-corrected chi connectivity index (χ1v) is 6.88. The number of hydrogen-bond acceptors (Lipinski definition) is 1. The molecule has 0 aliphatic rings. The second-order valence-electron chi connectivity index (χ2n) is 5.31. The molecule has 0 aliphatic carbocycles. The fourth-order valence-corrected chi connectivity index (χ4v) is 2.37. The molecule has 0 fully saturated rings. The van der Waals surface area contributed by atoms with Crippen LogP contribution >= 0.6 is 0 Å². The number of aromatic nitrogens is 2. The fourth-order valence-electron chi connectivity index (χ4n) is 2.37. The van der Waals surface area contributed by atoms with Crippen LogP contribution in [0.25, 0.3) is 11.9 Å². The maximum absolute atomic E-state index is 12.4. The van der Waals surface area contributed by atoms with E-state index in [0.29, 0.717) is 6.42 Å². The van der Waals surface area contributed by atoms with Crippen molar-refractivity contribution in [2.24, 2.45) is 0 Å². The van der Waals surface area contributed by atoms with Crippen LogP contribution in [-0.2, 0) is 0 Å². The van der Waals surface area contributed by atoms with Crippen LogP contribution in [0.3, 0.4) is 0 Å². The molecule has 0 radical (unpaired) electrons. The van der Waals surface area contributed by atoms with Gasteiger partial charge < -0.3 is 4.57 Å². The average molecular weight is 272 g/mol. The Labute approximate surface area is 120 Å². The van der Waals surface area contributed by atoms with Gasteiger partial charge in [-0.15, -0.1) is 0 Å². The second-order valence-corrected chi connectivity index (χ2v) is 5.31. The van der Waals surface area contributed by atoms with Crippen molar-refractivity contribution < 1.29 is 4.39 Å². The number of halogens is 1. The Hall–Kier alpha value is -1.90. The van der Waals surface area contributed by atoms with E-state index in [-0.39, 0.29) is 6.67 Å². The molecule has 0 saturated carbocycles. The standard InChI is InChI=1S/C17H21FN2/c1-12(7-8-18)9-16-10-13(2)11-17(19-16)20-14(3)5-6-15(20)4/h5-6,9-11H,7-8H2,1-4H3/b12-9-. The van der Waals surface area contributed by atoms with Crippen LogP contribution in [0.2, 0.25) is 0 Å². The lowest BCUT2D eigenvalue weighted by atomic mass is 10.1. The summed E-state index contributed by atoms with van der Waals surface area (Å²) in [6, 6.07) is 8.27. The van der Waals surface area contributed by atoms with E-state index in [1.165, 1.54) is 0 Å². The highest BCUT2D eigenvalue weighted by molar-refractivity contribution is 5.51. The van der Waals surface area contributed by atoms with E-state index in [1.807, 2.05) is 19.1 Å². The van der Waals surface area contributed by atoms with Crippen molar-refractivity contribution in [2.75, 3.05) is 6.67 Å². The Morgan fingerprint density at radius 2 is 1.85 bits per heavy atom. The van der Waals surface area contributed by atoms with Crippen LogP contribution in [0.1, 0.15) is 36.0 Å². The fraction of sp³-hybridized carbons (Fsp3) is 0.353. The minimum atomic E-state index is -0.323. The quantitative estimate of drug-likeness (QED) is 0.797. The summed E-state index contributed by atoms with van der Waals surface area (Å²) in [7, 11) is 0. The highest BCUT2D eigenvalue weighted by Crippen LogP contribution is 2.18. The van der Waals surface area contributed by atoms with E-state index in [4.69, 9.17) is 0 Å². The maximum atomic E-state index is 12.4. The molecule has 0 saturated heterocycles. The molecule has 0 aliphatic heterocycles. The van der Waals surface area contributed by atoms with Gasteiger partial charge in [0.05, 0.1) is 12.4 Å². The highest BCUT2D eigenvalue weighted by Gasteiger charge is 2.07. The van der Waals surface area contributed by atoms with Crippen LogP contribution in [0, 0.1) is 20.8 Å². The lowest BCUT2D eigenvalue weighted by Gasteiger charge is -2.10. The summed E-state index contributed by atoms with van der Waals surface area (Å²) in [4.78, 5) is 4.68. The van der Waals surface area contributed by atoms with Gasteiger partial charge in [-0.05, 0) is 70.0 Å². The van der Waals surface area contributed by atoms with Gasteiger partial charge in [-0.2, -0.15) is 0 Å². The maximum Gasteiger partial charge on any atom is 0.137 e. The van der Waals surface area contributed by atoms with Crippen LogP contribution in [0.5, 0.6) is 0 Å². The van der Waals surface area contributed by atoms with Gasteiger partial charge in [-0.1, -0.05) is 5.57 Å². The molecule has 0 bridgehead atoms. The van der Waals surface area contributed by atoms with Gasteiger partial charge in [-0.25, -0.2) is 4.98 Å². The smallest absolute Gasteiger partial charge is 0.137 e. The first kappa shape index (κ1) is 14.5. The molecule has 0 atom stereocenters. The molecular formula is C17H21FN2. The molecule has 0 N–H and O–H groups in total. The van der Waals surface area contributed by atoms with E-state index < -0.39 is 0 Å². The van der Waals surface area contributed by atoms with E-state index in [9.17, 15) is 4.39 Å². The Balaban J connectivity index is 2.47. The molecule has 0 spiro atoms. The van der Waals surface area contributed by atoms with Crippen molar-refractivity contribution in [1.82, 2.24) is 9.55 Å². The van der Waals surface area contributed by atoms with Crippen molar-refractivity contribution in [1.29, 1.82) is 0 Å². The number of allylic oxidation sites excluding steroid dienone is 1. The second kappa shape index (κ2) is 6.04. The molecular weight excluding hydrogens is 251 g/mol. The Morgan fingerprint density at radius 3 is 2.45 bits per heavy atom. The number of aryl methyl sites for hydroxylation is 3. The van der Waals surface area contributed by atoms with Crippen LogP contribution in [0.15, 0.2) is 29.8 Å². The zero-order chi connectivity index (χ0) is 14.7. The monoisotopic (exact) mass is 272 g/mol. The van der Waals surface area contributed by atoms with E-state index in [1.54, 1.807) is 0 Å². The summed E-state index contributed by atoms with van der Waals surface area (Å²) < 4.78 is 14.5. The molecule has 0 aromatic carbocycles. The van der Waals surface area contributed by atoms with Gasteiger partial charge in [0.1, 0.15) is 5.82 Å². The first-order chi connectivity index (χ1) is 9.51. The van der Waals surface area contributed by atoms with Crippen molar-refractivity contribution in [2.45, 2.75) is 34.1 Å². The van der Waals surface area contributed by atoms with Crippen molar-refractivity contribution in [3.63, 3.8) is 0 Å². The number of hydrogen-bond donors (Lipinski definition) is 0. The lowest BCUT2D eigenvalue weighted by Crippen LogP contribution is -2.03.